The van der Waals surface area contributed by atoms with Crippen molar-refractivity contribution in [2.45, 2.75) is 12.3 Å². The van der Waals surface area contributed by atoms with E-state index >= 15 is 0 Å². The molecule has 1 aromatic rings. The highest BCUT2D eigenvalue weighted by molar-refractivity contribution is 6.35. The minimum absolute atomic E-state index is 0.0697. The quantitative estimate of drug-likeness (QED) is 0.605. The van der Waals surface area contributed by atoms with Crippen LogP contribution in [-0.4, -0.2) is 0 Å². The summed E-state index contributed by atoms with van der Waals surface area (Å²) in [5, 5.41) is 1.19. The Kier molecular flexibility index (Phi) is 3.06. The number of alkyl halides is 1. The van der Waals surface area contributed by atoms with Crippen LogP contribution in [0.25, 0.3) is 0 Å². The normalized spacial score (nSPS) is 13.1. The highest BCUT2D eigenvalue weighted by Crippen LogP contribution is 2.29. The summed E-state index contributed by atoms with van der Waals surface area (Å²) in [6.45, 7) is 1.87. The molecular formula is C8H7Cl3. The van der Waals surface area contributed by atoms with E-state index in [2.05, 4.69) is 0 Å². The van der Waals surface area contributed by atoms with Gasteiger partial charge in [0.05, 0.1) is 5.38 Å². The molecule has 0 aliphatic carbocycles. The molecule has 0 amide bonds. The molecule has 0 aliphatic heterocycles. The maximum atomic E-state index is 5.86. The van der Waals surface area contributed by atoms with E-state index in [9.17, 15) is 0 Å². The summed E-state index contributed by atoms with van der Waals surface area (Å²) in [5.41, 5.74) is 0.915. The van der Waals surface area contributed by atoms with Crippen molar-refractivity contribution in [1.29, 1.82) is 0 Å². The average Bonchev–Trinajstić information content (AvgIpc) is 1.85. The van der Waals surface area contributed by atoms with Crippen molar-refractivity contribution in [1.82, 2.24) is 0 Å². The minimum atomic E-state index is -0.0697. The fourth-order valence-corrected chi connectivity index (χ4v) is 1.64. The molecule has 60 valence electrons. The third-order valence-corrected chi connectivity index (χ3v) is 2.19. The van der Waals surface area contributed by atoms with Crippen LogP contribution in [-0.2, 0) is 0 Å². The summed E-state index contributed by atoms with van der Waals surface area (Å²) in [6.07, 6.45) is 0. The molecular weight excluding hydrogens is 202 g/mol. The molecule has 1 aromatic carbocycles. The van der Waals surface area contributed by atoms with Crippen molar-refractivity contribution in [3.05, 3.63) is 33.8 Å². The van der Waals surface area contributed by atoms with Crippen LogP contribution in [0.2, 0.25) is 10.0 Å². The van der Waals surface area contributed by atoms with Crippen LogP contribution in [0.15, 0.2) is 18.2 Å². The van der Waals surface area contributed by atoms with E-state index in [0.29, 0.717) is 10.0 Å². The lowest BCUT2D eigenvalue weighted by molar-refractivity contribution is 1.08. The van der Waals surface area contributed by atoms with E-state index in [1.54, 1.807) is 12.1 Å². The Labute approximate surface area is 81.1 Å². The molecule has 11 heavy (non-hydrogen) atoms. The summed E-state index contributed by atoms with van der Waals surface area (Å²) in [4.78, 5) is 0. The van der Waals surface area contributed by atoms with Gasteiger partial charge < -0.3 is 0 Å². The summed E-state index contributed by atoms with van der Waals surface area (Å²) in [5.74, 6) is 0. The molecule has 0 saturated heterocycles. The van der Waals surface area contributed by atoms with E-state index in [0.717, 1.165) is 5.56 Å². The largest absolute Gasteiger partial charge is 0.118 e. The fourth-order valence-electron chi connectivity index (χ4n) is 0.824. The van der Waals surface area contributed by atoms with Gasteiger partial charge in [-0.05, 0) is 24.6 Å². The number of benzene rings is 1. The van der Waals surface area contributed by atoms with Crippen molar-refractivity contribution in [2.24, 2.45) is 0 Å². The zero-order valence-electron chi connectivity index (χ0n) is 5.94. The van der Waals surface area contributed by atoms with Gasteiger partial charge in [-0.2, -0.15) is 0 Å². The van der Waals surface area contributed by atoms with Crippen LogP contribution in [0.5, 0.6) is 0 Å². The Balaban J connectivity index is 3.09. The van der Waals surface area contributed by atoms with Crippen LogP contribution in [0, 0.1) is 0 Å². The first kappa shape index (κ1) is 9.18. The smallest absolute Gasteiger partial charge is 0.0571 e. The second-order valence-corrected chi connectivity index (χ2v) is 3.78. The van der Waals surface area contributed by atoms with Crippen LogP contribution in [0.4, 0.5) is 0 Å². The van der Waals surface area contributed by atoms with Crippen LogP contribution < -0.4 is 0 Å². The third kappa shape index (κ3) is 2.26. The van der Waals surface area contributed by atoms with Crippen molar-refractivity contribution >= 4 is 34.8 Å². The van der Waals surface area contributed by atoms with Gasteiger partial charge in [-0.1, -0.05) is 29.3 Å². The summed E-state index contributed by atoms with van der Waals surface area (Å²) in [7, 11) is 0. The van der Waals surface area contributed by atoms with Gasteiger partial charge in [-0.25, -0.2) is 0 Å². The third-order valence-electron chi connectivity index (χ3n) is 1.39. The van der Waals surface area contributed by atoms with Gasteiger partial charge in [-0.15, -0.1) is 11.6 Å². The first-order chi connectivity index (χ1) is 5.11. The number of rotatable bonds is 1. The molecule has 0 bridgehead atoms. The second kappa shape index (κ2) is 3.66. The maximum Gasteiger partial charge on any atom is 0.0571 e. The summed E-state index contributed by atoms with van der Waals surface area (Å²) in [6, 6.07) is 5.31. The van der Waals surface area contributed by atoms with Gasteiger partial charge in [0.25, 0.3) is 0 Å². The molecule has 0 aliphatic rings. The van der Waals surface area contributed by atoms with Crippen molar-refractivity contribution in [2.75, 3.05) is 0 Å². The molecule has 0 aromatic heterocycles. The standard InChI is InChI=1S/C8H7Cl3/c1-5(9)7-3-2-6(10)4-8(7)11/h2-5H,1H3/t5-/m1/s1. The monoisotopic (exact) mass is 208 g/mol. The molecule has 0 radical (unpaired) electrons. The first-order valence-electron chi connectivity index (χ1n) is 3.20. The average molecular weight is 210 g/mol. The zero-order valence-corrected chi connectivity index (χ0v) is 8.21. The Morgan fingerprint density at radius 1 is 1.27 bits per heavy atom. The van der Waals surface area contributed by atoms with Crippen LogP contribution in [0.1, 0.15) is 17.9 Å². The highest BCUT2D eigenvalue weighted by atomic mass is 35.5. The van der Waals surface area contributed by atoms with Crippen molar-refractivity contribution in [3.63, 3.8) is 0 Å². The van der Waals surface area contributed by atoms with Crippen molar-refractivity contribution < 1.29 is 0 Å². The zero-order chi connectivity index (χ0) is 8.43. The van der Waals surface area contributed by atoms with Gasteiger partial charge in [0, 0.05) is 10.0 Å². The van der Waals surface area contributed by atoms with E-state index in [1.807, 2.05) is 13.0 Å². The molecule has 1 rings (SSSR count). The van der Waals surface area contributed by atoms with Crippen molar-refractivity contribution in [3.8, 4) is 0 Å². The molecule has 3 heteroatoms. The van der Waals surface area contributed by atoms with E-state index < -0.39 is 0 Å². The van der Waals surface area contributed by atoms with Gasteiger partial charge in [0.1, 0.15) is 0 Å². The minimum Gasteiger partial charge on any atom is -0.118 e. The lowest BCUT2D eigenvalue weighted by atomic mass is 10.2. The maximum absolute atomic E-state index is 5.86. The van der Waals surface area contributed by atoms with Gasteiger partial charge >= 0.3 is 0 Å². The Morgan fingerprint density at radius 2 is 1.91 bits per heavy atom. The molecule has 0 nitrogen and oxygen atoms in total. The number of hydrogen-bond acceptors (Lipinski definition) is 0. The van der Waals surface area contributed by atoms with E-state index in [1.165, 1.54) is 0 Å². The molecule has 0 saturated carbocycles. The molecule has 0 spiro atoms. The topological polar surface area (TPSA) is 0 Å². The highest BCUT2D eigenvalue weighted by Gasteiger charge is 2.05. The number of hydrogen-bond donors (Lipinski definition) is 0. The SMILES string of the molecule is C[C@@H](Cl)c1ccc(Cl)cc1Cl. The predicted molar refractivity (Wildman–Crippen MR) is 50.7 cm³/mol. The second-order valence-electron chi connectivity index (χ2n) is 2.28. The Morgan fingerprint density at radius 3 is 2.36 bits per heavy atom. The fraction of sp³-hybridized carbons (Fsp3) is 0.250. The molecule has 1 atom stereocenters. The van der Waals surface area contributed by atoms with E-state index in [-0.39, 0.29) is 5.38 Å². The lowest BCUT2D eigenvalue weighted by Gasteiger charge is -2.05. The summed E-state index contributed by atoms with van der Waals surface area (Å²) < 4.78 is 0. The lowest BCUT2D eigenvalue weighted by Crippen LogP contribution is -1.84. The predicted octanol–water partition coefficient (Wildman–Crippen LogP) is 4.29. The molecule has 0 heterocycles. The van der Waals surface area contributed by atoms with Gasteiger partial charge in [0.2, 0.25) is 0 Å². The Bertz CT molecular complexity index is 256. The summed E-state index contributed by atoms with van der Waals surface area (Å²) >= 11 is 17.4. The van der Waals surface area contributed by atoms with Gasteiger partial charge in [0.15, 0.2) is 0 Å². The van der Waals surface area contributed by atoms with E-state index in [4.69, 9.17) is 34.8 Å². The molecule has 0 fully saturated rings. The molecule has 0 N–H and O–H groups in total. The Hall–Kier alpha value is 0.0900. The first-order valence-corrected chi connectivity index (χ1v) is 4.39. The number of halogens is 3. The van der Waals surface area contributed by atoms with Gasteiger partial charge in [-0.3, -0.25) is 0 Å². The molecule has 0 unspecified atom stereocenters. The van der Waals surface area contributed by atoms with Crippen LogP contribution in [0.3, 0.4) is 0 Å². The van der Waals surface area contributed by atoms with Crippen LogP contribution >= 0.6 is 34.8 Å².